The molecule has 5 nitrogen and oxygen atoms in total. The van der Waals surface area contributed by atoms with Crippen molar-refractivity contribution in [1.82, 2.24) is 9.78 Å². The van der Waals surface area contributed by atoms with Gasteiger partial charge in [0.1, 0.15) is 10.8 Å². The lowest BCUT2D eigenvalue weighted by Crippen LogP contribution is -2.18. The first-order chi connectivity index (χ1) is 10.7. The van der Waals surface area contributed by atoms with Crippen LogP contribution in [0.15, 0.2) is 35.1 Å². The molecule has 2 aromatic rings. The average molecular weight is 365 g/mol. The third-order valence-electron chi connectivity index (χ3n) is 3.76. The number of carbonyl (C=O) groups is 1. The Morgan fingerprint density at radius 1 is 1.36 bits per heavy atom. The number of hydrogen-bond donors (Lipinski definition) is 0. The Hall–Kier alpha value is -1.66. The molecule has 0 spiro atoms. The second-order valence-corrected chi connectivity index (χ2v) is 5.92. The summed E-state index contributed by atoms with van der Waals surface area (Å²) in [6, 6.07) is 7.35. The molecule has 0 amide bonds. The summed E-state index contributed by atoms with van der Waals surface area (Å²) in [5.74, 6) is -0.357. The van der Waals surface area contributed by atoms with E-state index >= 15 is 0 Å². The predicted octanol–water partition coefficient (Wildman–Crippen LogP) is 3.80. The fourth-order valence-electron chi connectivity index (χ4n) is 2.64. The molecule has 1 atom stereocenters. The molecule has 22 heavy (non-hydrogen) atoms. The largest absolute Gasteiger partial charge is 0.465 e. The van der Waals surface area contributed by atoms with Gasteiger partial charge in [-0.15, -0.1) is 0 Å². The Balaban J connectivity index is 1.99. The van der Waals surface area contributed by atoms with Crippen LogP contribution in [0.1, 0.15) is 35.8 Å². The molecule has 0 radical (unpaired) electrons. The monoisotopic (exact) mass is 364 g/mol. The summed E-state index contributed by atoms with van der Waals surface area (Å²) in [7, 11) is 1.38. The van der Waals surface area contributed by atoms with Crippen LogP contribution in [-0.2, 0) is 9.47 Å². The second kappa shape index (κ2) is 6.62. The standard InChI is InChI=1S/C16H17BrN2O3/c1-21-16(20)12-7-3-2-6-11(12)13-10-19(18-15(13)17)14-8-4-5-9-22-14/h2-3,6-7,10,14H,4-5,8-9H2,1H3. The normalized spacial score (nSPS) is 18.2. The first-order valence-corrected chi connectivity index (χ1v) is 8.04. The summed E-state index contributed by atoms with van der Waals surface area (Å²) >= 11 is 3.49. The smallest absolute Gasteiger partial charge is 0.338 e. The van der Waals surface area contributed by atoms with E-state index in [4.69, 9.17) is 9.47 Å². The van der Waals surface area contributed by atoms with Gasteiger partial charge < -0.3 is 9.47 Å². The van der Waals surface area contributed by atoms with Gasteiger partial charge in [0, 0.05) is 23.9 Å². The maximum Gasteiger partial charge on any atom is 0.338 e. The maximum absolute atomic E-state index is 11.9. The molecule has 3 rings (SSSR count). The van der Waals surface area contributed by atoms with Crippen LogP contribution >= 0.6 is 15.9 Å². The number of halogens is 1. The Labute approximate surface area is 137 Å². The summed E-state index contributed by atoms with van der Waals surface area (Å²) in [6.45, 7) is 0.760. The number of aromatic nitrogens is 2. The number of nitrogens with zero attached hydrogens (tertiary/aromatic N) is 2. The van der Waals surface area contributed by atoms with Crippen LogP contribution in [0.4, 0.5) is 0 Å². The van der Waals surface area contributed by atoms with E-state index in [0.717, 1.165) is 37.0 Å². The molecule has 0 bridgehead atoms. The lowest BCUT2D eigenvalue weighted by Gasteiger charge is -2.22. The van der Waals surface area contributed by atoms with Gasteiger partial charge in [-0.2, -0.15) is 5.10 Å². The summed E-state index contributed by atoms with van der Waals surface area (Å²) in [4.78, 5) is 11.9. The van der Waals surface area contributed by atoms with Crippen molar-refractivity contribution in [2.45, 2.75) is 25.5 Å². The fraction of sp³-hybridized carbons (Fsp3) is 0.375. The number of methoxy groups -OCH3 is 1. The summed E-state index contributed by atoms with van der Waals surface area (Å²) < 4.78 is 13.1. The molecule has 1 aliphatic rings. The molecule has 0 N–H and O–H groups in total. The highest BCUT2D eigenvalue weighted by Gasteiger charge is 2.21. The molecule has 0 aliphatic carbocycles. The van der Waals surface area contributed by atoms with E-state index in [1.807, 2.05) is 29.1 Å². The molecule has 1 saturated heterocycles. The number of benzene rings is 1. The van der Waals surface area contributed by atoms with Crippen molar-refractivity contribution >= 4 is 21.9 Å². The zero-order valence-corrected chi connectivity index (χ0v) is 13.9. The minimum absolute atomic E-state index is 0.0379. The van der Waals surface area contributed by atoms with Gasteiger partial charge in [0.25, 0.3) is 0 Å². The van der Waals surface area contributed by atoms with Crippen LogP contribution in [0.5, 0.6) is 0 Å². The predicted molar refractivity (Wildman–Crippen MR) is 85.5 cm³/mol. The van der Waals surface area contributed by atoms with Gasteiger partial charge in [-0.05, 0) is 41.3 Å². The maximum atomic E-state index is 11.9. The second-order valence-electron chi connectivity index (χ2n) is 5.17. The number of rotatable bonds is 3. The molecular weight excluding hydrogens is 348 g/mol. The highest BCUT2D eigenvalue weighted by molar-refractivity contribution is 9.10. The Morgan fingerprint density at radius 3 is 2.91 bits per heavy atom. The third kappa shape index (κ3) is 2.94. The van der Waals surface area contributed by atoms with E-state index in [1.54, 1.807) is 6.07 Å². The molecule has 6 heteroatoms. The Bertz CT molecular complexity index is 678. The first-order valence-electron chi connectivity index (χ1n) is 7.24. The van der Waals surface area contributed by atoms with E-state index in [9.17, 15) is 4.79 Å². The molecular formula is C16H17BrN2O3. The minimum Gasteiger partial charge on any atom is -0.465 e. The third-order valence-corrected chi connectivity index (χ3v) is 4.35. The first kappa shape index (κ1) is 15.2. The Morgan fingerprint density at radius 2 is 2.18 bits per heavy atom. The van der Waals surface area contributed by atoms with Gasteiger partial charge >= 0.3 is 5.97 Å². The van der Waals surface area contributed by atoms with Crippen molar-refractivity contribution in [1.29, 1.82) is 0 Å². The topological polar surface area (TPSA) is 53.4 Å². The van der Waals surface area contributed by atoms with E-state index < -0.39 is 0 Å². The molecule has 2 heterocycles. The SMILES string of the molecule is COC(=O)c1ccccc1-c1cn(C2CCCCO2)nc1Br. The van der Waals surface area contributed by atoms with Gasteiger partial charge in [0.05, 0.1) is 12.7 Å². The highest BCUT2D eigenvalue weighted by Crippen LogP contribution is 2.33. The van der Waals surface area contributed by atoms with Crippen LogP contribution in [0.3, 0.4) is 0 Å². The summed E-state index contributed by atoms with van der Waals surface area (Å²) in [5, 5.41) is 4.49. The molecule has 1 aliphatic heterocycles. The van der Waals surface area contributed by atoms with Crippen molar-refractivity contribution in [2.75, 3.05) is 13.7 Å². The quantitative estimate of drug-likeness (QED) is 0.777. The van der Waals surface area contributed by atoms with Crippen LogP contribution in [0.25, 0.3) is 11.1 Å². The molecule has 0 saturated carbocycles. The van der Waals surface area contributed by atoms with Gasteiger partial charge in [-0.1, -0.05) is 18.2 Å². The van der Waals surface area contributed by atoms with Crippen molar-refractivity contribution in [3.05, 3.63) is 40.6 Å². The average Bonchev–Trinajstić information content (AvgIpc) is 2.96. The zero-order chi connectivity index (χ0) is 15.5. The molecule has 1 unspecified atom stereocenters. The number of hydrogen-bond acceptors (Lipinski definition) is 4. The zero-order valence-electron chi connectivity index (χ0n) is 12.3. The summed E-state index contributed by atoms with van der Waals surface area (Å²) in [6.07, 6.45) is 5.06. The van der Waals surface area contributed by atoms with Crippen LogP contribution in [-0.4, -0.2) is 29.5 Å². The lowest BCUT2D eigenvalue weighted by molar-refractivity contribution is -0.0396. The van der Waals surface area contributed by atoms with Gasteiger partial charge in [0.2, 0.25) is 0 Å². The van der Waals surface area contributed by atoms with Gasteiger partial charge in [0.15, 0.2) is 0 Å². The van der Waals surface area contributed by atoms with E-state index in [1.165, 1.54) is 7.11 Å². The molecule has 1 aromatic heterocycles. The molecule has 116 valence electrons. The lowest BCUT2D eigenvalue weighted by atomic mass is 10.0. The number of ether oxygens (including phenoxy) is 2. The van der Waals surface area contributed by atoms with E-state index in [0.29, 0.717) is 10.2 Å². The van der Waals surface area contributed by atoms with Crippen molar-refractivity contribution < 1.29 is 14.3 Å². The summed E-state index contributed by atoms with van der Waals surface area (Å²) in [5.41, 5.74) is 2.17. The molecule has 1 fully saturated rings. The highest BCUT2D eigenvalue weighted by atomic mass is 79.9. The van der Waals surface area contributed by atoms with Gasteiger partial charge in [-0.3, -0.25) is 0 Å². The van der Waals surface area contributed by atoms with Crippen LogP contribution < -0.4 is 0 Å². The van der Waals surface area contributed by atoms with Crippen LogP contribution in [0.2, 0.25) is 0 Å². The number of esters is 1. The fourth-order valence-corrected chi connectivity index (χ4v) is 3.14. The van der Waals surface area contributed by atoms with Gasteiger partial charge in [-0.25, -0.2) is 9.48 Å². The number of carbonyl (C=O) groups excluding carboxylic acids is 1. The van der Waals surface area contributed by atoms with E-state index in [-0.39, 0.29) is 12.2 Å². The van der Waals surface area contributed by atoms with Crippen molar-refractivity contribution in [3.63, 3.8) is 0 Å². The van der Waals surface area contributed by atoms with Crippen molar-refractivity contribution in [2.24, 2.45) is 0 Å². The minimum atomic E-state index is -0.357. The van der Waals surface area contributed by atoms with Crippen LogP contribution in [0, 0.1) is 0 Å². The van der Waals surface area contributed by atoms with E-state index in [2.05, 4.69) is 21.0 Å². The molecule has 1 aromatic carbocycles. The Kier molecular flexibility index (Phi) is 4.59. The van der Waals surface area contributed by atoms with Crippen molar-refractivity contribution in [3.8, 4) is 11.1 Å².